The van der Waals surface area contributed by atoms with Crippen molar-refractivity contribution in [2.24, 2.45) is 0 Å². The molecule has 2 aromatic carbocycles. The third-order valence-electron chi connectivity index (χ3n) is 2.52. The topological polar surface area (TPSA) is 9.23 Å². The molecule has 0 atom stereocenters. The molecule has 0 bridgehead atoms. The lowest BCUT2D eigenvalue weighted by Gasteiger charge is -2.11. The summed E-state index contributed by atoms with van der Waals surface area (Å²) in [5.74, 6) is 0.428. The van der Waals surface area contributed by atoms with Crippen LogP contribution in [-0.2, 0) is 6.18 Å². The standard InChI is InChI=1S/C14H10F3O/c1-18-13-8-3-2-7-12(13)10-5-4-6-11(9-10)14(15,16)17/h2-7,9H,1H3. The summed E-state index contributed by atoms with van der Waals surface area (Å²) in [5.41, 5.74) is 0.371. The zero-order chi connectivity index (χ0) is 13.2. The molecular weight excluding hydrogens is 241 g/mol. The van der Waals surface area contributed by atoms with Gasteiger partial charge in [0.25, 0.3) is 0 Å². The number of alkyl halides is 3. The summed E-state index contributed by atoms with van der Waals surface area (Å²) in [6, 6.07) is 13.0. The van der Waals surface area contributed by atoms with Crippen LogP contribution in [0.2, 0.25) is 0 Å². The van der Waals surface area contributed by atoms with E-state index in [-0.39, 0.29) is 0 Å². The zero-order valence-electron chi connectivity index (χ0n) is 9.58. The summed E-state index contributed by atoms with van der Waals surface area (Å²) < 4.78 is 43.0. The summed E-state index contributed by atoms with van der Waals surface area (Å²) in [6.45, 7) is 0. The number of halogens is 3. The number of rotatable bonds is 2. The van der Waals surface area contributed by atoms with Gasteiger partial charge in [-0.15, -0.1) is 0 Å². The molecule has 0 heterocycles. The Balaban J connectivity index is 2.51. The van der Waals surface area contributed by atoms with Gasteiger partial charge in [-0.25, -0.2) is 0 Å². The Kier molecular flexibility index (Phi) is 3.28. The first-order valence-corrected chi connectivity index (χ1v) is 5.24. The molecule has 0 N–H and O–H groups in total. The van der Waals surface area contributed by atoms with Gasteiger partial charge in [-0.1, -0.05) is 30.3 Å². The van der Waals surface area contributed by atoms with E-state index in [1.807, 2.05) is 0 Å². The van der Waals surface area contributed by atoms with Crippen LogP contribution in [0.4, 0.5) is 13.2 Å². The highest BCUT2D eigenvalue weighted by Gasteiger charge is 2.30. The monoisotopic (exact) mass is 251 g/mol. The number of hydrogen-bond donors (Lipinski definition) is 0. The highest BCUT2D eigenvalue weighted by molar-refractivity contribution is 5.70. The number of benzene rings is 2. The summed E-state index contributed by atoms with van der Waals surface area (Å²) >= 11 is 0. The minimum atomic E-state index is -4.35. The first-order chi connectivity index (χ1) is 8.52. The van der Waals surface area contributed by atoms with E-state index in [4.69, 9.17) is 4.74 Å². The average Bonchev–Trinajstić information content (AvgIpc) is 2.38. The molecule has 1 radical (unpaired) electrons. The van der Waals surface area contributed by atoms with Crippen LogP contribution < -0.4 is 4.74 Å². The van der Waals surface area contributed by atoms with Crippen molar-refractivity contribution in [2.75, 3.05) is 7.11 Å². The van der Waals surface area contributed by atoms with Crippen LogP contribution in [0.3, 0.4) is 0 Å². The molecule has 2 rings (SSSR count). The van der Waals surface area contributed by atoms with E-state index in [0.717, 1.165) is 12.1 Å². The van der Waals surface area contributed by atoms with Crippen molar-refractivity contribution in [2.45, 2.75) is 6.18 Å². The molecule has 0 aliphatic heterocycles. The van der Waals surface area contributed by atoms with Crippen molar-refractivity contribution in [3.05, 3.63) is 54.1 Å². The predicted octanol–water partition coefficient (Wildman–Crippen LogP) is 4.18. The van der Waals surface area contributed by atoms with E-state index in [0.29, 0.717) is 16.9 Å². The molecule has 0 aliphatic carbocycles. The Morgan fingerprint density at radius 1 is 1.11 bits per heavy atom. The van der Waals surface area contributed by atoms with Gasteiger partial charge >= 0.3 is 6.18 Å². The van der Waals surface area contributed by atoms with Crippen LogP contribution in [0.15, 0.2) is 42.5 Å². The zero-order valence-corrected chi connectivity index (χ0v) is 9.58. The van der Waals surface area contributed by atoms with E-state index in [9.17, 15) is 13.2 Å². The quantitative estimate of drug-likeness (QED) is 0.778. The molecule has 0 aliphatic rings. The molecule has 0 fully saturated rings. The highest BCUT2D eigenvalue weighted by atomic mass is 19.4. The van der Waals surface area contributed by atoms with Gasteiger partial charge in [-0.05, 0) is 17.7 Å². The molecule has 93 valence electrons. The third kappa shape index (κ3) is 2.47. The maximum Gasteiger partial charge on any atom is 0.416 e. The van der Waals surface area contributed by atoms with Gasteiger partial charge in [0.1, 0.15) is 5.75 Å². The second-order valence-corrected chi connectivity index (χ2v) is 3.70. The van der Waals surface area contributed by atoms with Gasteiger partial charge in [0.05, 0.1) is 12.7 Å². The van der Waals surface area contributed by atoms with Gasteiger partial charge in [-0.2, -0.15) is 13.2 Å². The second-order valence-electron chi connectivity index (χ2n) is 3.70. The Labute approximate surface area is 103 Å². The van der Waals surface area contributed by atoms with E-state index in [1.165, 1.54) is 13.2 Å². The molecule has 2 aromatic rings. The minimum absolute atomic E-state index is 0.428. The molecule has 18 heavy (non-hydrogen) atoms. The highest BCUT2D eigenvalue weighted by Crippen LogP contribution is 2.34. The Morgan fingerprint density at radius 2 is 1.89 bits per heavy atom. The second kappa shape index (κ2) is 4.72. The van der Waals surface area contributed by atoms with E-state index >= 15 is 0 Å². The first kappa shape index (κ1) is 12.5. The van der Waals surface area contributed by atoms with E-state index in [2.05, 4.69) is 6.07 Å². The lowest BCUT2D eigenvalue weighted by molar-refractivity contribution is -0.137. The molecule has 0 saturated carbocycles. The van der Waals surface area contributed by atoms with Crippen LogP contribution in [0.25, 0.3) is 11.1 Å². The van der Waals surface area contributed by atoms with Crippen LogP contribution in [0.5, 0.6) is 5.75 Å². The van der Waals surface area contributed by atoms with Crippen LogP contribution in [0.1, 0.15) is 5.56 Å². The number of hydrogen-bond acceptors (Lipinski definition) is 1. The molecule has 1 nitrogen and oxygen atoms in total. The predicted molar refractivity (Wildman–Crippen MR) is 62.3 cm³/mol. The largest absolute Gasteiger partial charge is 0.495 e. The average molecular weight is 251 g/mol. The molecule has 0 spiro atoms. The molecule has 0 saturated heterocycles. The SMILES string of the molecule is COc1[c]cccc1-c1cccc(C(F)(F)F)c1. The van der Waals surface area contributed by atoms with Crippen LogP contribution in [0, 0.1) is 6.07 Å². The lowest BCUT2D eigenvalue weighted by atomic mass is 10.0. The maximum absolute atomic E-state index is 12.6. The molecule has 4 heteroatoms. The Morgan fingerprint density at radius 3 is 2.56 bits per heavy atom. The summed E-state index contributed by atoms with van der Waals surface area (Å²) in [5, 5.41) is 0. The fraction of sp³-hybridized carbons (Fsp3) is 0.143. The van der Waals surface area contributed by atoms with Crippen LogP contribution in [-0.4, -0.2) is 7.11 Å². The van der Waals surface area contributed by atoms with Gasteiger partial charge < -0.3 is 4.74 Å². The van der Waals surface area contributed by atoms with Crippen molar-refractivity contribution in [3.63, 3.8) is 0 Å². The molecule has 0 aromatic heterocycles. The maximum atomic E-state index is 12.6. The van der Waals surface area contributed by atoms with Gasteiger partial charge in [0.15, 0.2) is 0 Å². The van der Waals surface area contributed by atoms with Crippen molar-refractivity contribution in [1.82, 2.24) is 0 Å². The first-order valence-electron chi connectivity index (χ1n) is 5.24. The fourth-order valence-electron chi connectivity index (χ4n) is 1.68. The third-order valence-corrected chi connectivity index (χ3v) is 2.52. The van der Waals surface area contributed by atoms with Gasteiger partial charge in [0.2, 0.25) is 0 Å². The Hall–Kier alpha value is -1.97. The van der Waals surface area contributed by atoms with Crippen molar-refractivity contribution >= 4 is 0 Å². The summed E-state index contributed by atoms with van der Waals surface area (Å²) in [6.07, 6.45) is -4.35. The van der Waals surface area contributed by atoms with Crippen molar-refractivity contribution in [3.8, 4) is 16.9 Å². The number of ether oxygens (including phenoxy) is 1. The minimum Gasteiger partial charge on any atom is -0.495 e. The van der Waals surface area contributed by atoms with Crippen molar-refractivity contribution in [1.29, 1.82) is 0 Å². The van der Waals surface area contributed by atoms with Crippen LogP contribution >= 0.6 is 0 Å². The molecule has 0 unspecified atom stereocenters. The molecular formula is C14H10F3O. The van der Waals surface area contributed by atoms with Gasteiger partial charge in [0, 0.05) is 11.6 Å². The Bertz CT molecular complexity index is 547. The van der Waals surface area contributed by atoms with E-state index < -0.39 is 11.7 Å². The fourth-order valence-corrected chi connectivity index (χ4v) is 1.68. The van der Waals surface area contributed by atoms with Crippen molar-refractivity contribution < 1.29 is 17.9 Å². The van der Waals surface area contributed by atoms with Gasteiger partial charge in [-0.3, -0.25) is 0 Å². The number of para-hydroxylation sites is 1. The lowest BCUT2D eigenvalue weighted by Crippen LogP contribution is -2.04. The normalized spacial score (nSPS) is 11.3. The van der Waals surface area contributed by atoms with E-state index in [1.54, 1.807) is 24.3 Å². The summed E-state index contributed by atoms with van der Waals surface area (Å²) in [7, 11) is 1.46. The smallest absolute Gasteiger partial charge is 0.416 e. The summed E-state index contributed by atoms with van der Waals surface area (Å²) in [4.78, 5) is 0. The molecule has 0 amide bonds. The number of methoxy groups -OCH3 is 1.